The van der Waals surface area contributed by atoms with Crippen molar-refractivity contribution in [3.05, 3.63) is 67.9 Å². The minimum atomic E-state index is -0.245. The van der Waals surface area contributed by atoms with Gasteiger partial charge in [0.25, 0.3) is 0 Å². The number of aryl methyl sites for hydroxylation is 1. The highest BCUT2D eigenvalue weighted by Gasteiger charge is 2.18. The lowest BCUT2D eigenvalue weighted by Crippen LogP contribution is -2.29. The molecule has 0 spiro atoms. The molecule has 19 heavy (non-hydrogen) atoms. The van der Waals surface area contributed by atoms with E-state index in [1.54, 1.807) is 6.07 Å². The van der Waals surface area contributed by atoms with Gasteiger partial charge in [0.1, 0.15) is 5.82 Å². The molecule has 0 aliphatic carbocycles. The van der Waals surface area contributed by atoms with Crippen molar-refractivity contribution < 1.29 is 4.39 Å². The normalized spacial score (nSPS) is 12.5. The maximum atomic E-state index is 13.2. The summed E-state index contributed by atoms with van der Waals surface area (Å²) >= 11 is 6.96. The molecule has 0 saturated heterocycles. The van der Waals surface area contributed by atoms with Crippen molar-refractivity contribution in [2.75, 3.05) is 0 Å². The Morgan fingerprint density at radius 1 is 1.11 bits per heavy atom. The van der Waals surface area contributed by atoms with Gasteiger partial charge < -0.3 is 0 Å². The second kappa shape index (κ2) is 6.13. The summed E-state index contributed by atoms with van der Waals surface area (Å²) in [4.78, 5) is 0. The van der Waals surface area contributed by atoms with E-state index in [0.717, 1.165) is 25.6 Å². The molecule has 2 nitrogen and oxygen atoms in total. The number of nitrogens with one attached hydrogen (secondary N) is 1. The summed E-state index contributed by atoms with van der Waals surface area (Å²) in [5.74, 6) is 5.44. The van der Waals surface area contributed by atoms with E-state index in [4.69, 9.17) is 5.84 Å². The second-order valence-electron chi connectivity index (χ2n) is 4.27. The monoisotopic (exact) mass is 386 g/mol. The van der Waals surface area contributed by atoms with Crippen LogP contribution in [0.5, 0.6) is 0 Å². The summed E-state index contributed by atoms with van der Waals surface area (Å²) in [5, 5.41) is 0. The van der Waals surface area contributed by atoms with Crippen LogP contribution in [-0.4, -0.2) is 0 Å². The van der Waals surface area contributed by atoms with Gasteiger partial charge in [0.2, 0.25) is 0 Å². The molecule has 3 N–H and O–H groups in total. The van der Waals surface area contributed by atoms with E-state index >= 15 is 0 Å². The molecule has 1 atom stereocenters. The Labute approximate surface area is 128 Å². The third-order valence-corrected chi connectivity index (χ3v) is 4.19. The molecular formula is C14H13Br2FN2. The van der Waals surface area contributed by atoms with Crippen molar-refractivity contribution in [3.8, 4) is 0 Å². The molecule has 0 aliphatic rings. The predicted octanol–water partition coefficient (Wildman–Crippen LogP) is 4.21. The van der Waals surface area contributed by atoms with Gasteiger partial charge in [-0.3, -0.25) is 5.84 Å². The first-order valence-corrected chi connectivity index (χ1v) is 7.28. The van der Waals surface area contributed by atoms with Crippen LogP contribution in [0.15, 0.2) is 45.3 Å². The van der Waals surface area contributed by atoms with Crippen LogP contribution in [-0.2, 0) is 0 Å². The van der Waals surface area contributed by atoms with Gasteiger partial charge in [-0.05, 0) is 53.9 Å². The smallest absolute Gasteiger partial charge is 0.123 e. The highest BCUT2D eigenvalue weighted by Crippen LogP contribution is 2.32. The van der Waals surface area contributed by atoms with Crippen LogP contribution in [0.3, 0.4) is 0 Å². The fourth-order valence-corrected chi connectivity index (χ4v) is 2.90. The molecule has 0 fully saturated rings. The number of rotatable bonds is 3. The summed E-state index contributed by atoms with van der Waals surface area (Å²) in [7, 11) is 0. The Morgan fingerprint density at radius 2 is 1.84 bits per heavy atom. The van der Waals surface area contributed by atoms with Gasteiger partial charge in [-0.15, -0.1) is 0 Å². The van der Waals surface area contributed by atoms with E-state index in [0.29, 0.717) is 0 Å². The molecule has 2 aromatic carbocycles. The van der Waals surface area contributed by atoms with E-state index < -0.39 is 0 Å². The number of hydrogen-bond donors (Lipinski definition) is 2. The molecule has 2 aromatic rings. The van der Waals surface area contributed by atoms with Crippen molar-refractivity contribution >= 4 is 31.9 Å². The average molecular weight is 388 g/mol. The van der Waals surface area contributed by atoms with Crippen molar-refractivity contribution in [1.82, 2.24) is 5.43 Å². The fraction of sp³-hybridized carbons (Fsp3) is 0.143. The summed E-state index contributed by atoms with van der Waals surface area (Å²) in [5.41, 5.74) is 5.59. The Morgan fingerprint density at radius 3 is 2.47 bits per heavy atom. The maximum absolute atomic E-state index is 13.2. The number of hydrogen-bond acceptors (Lipinski definition) is 2. The topological polar surface area (TPSA) is 38.0 Å². The third kappa shape index (κ3) is 3.23. The first-order valence-electron chi connectivity index (χ1n) is 5.70. The van der Waals surface area contributed by atoms with Gasteiger partial charge in [0, 0.05) is 8.95 Å². The Kier molecular flexibility index (Phi) is 4.73. The molecular weight excluding hydrogens is 375 g/mol. The molecule has 0 amide bonds. The van der Waals surface area contributed by atoms with Crippen LogP contribution in [0.2, 0.25) is 0 Å². The van der Waals surface area contributed by atoms with Crippen molar-refractivity contribution in [1.29, 1.82) is 0 Å². The number of halogens is 3. The van der Waals surface area contributed by atoms with Gasteiger partial charge in [-0.1, -0.05) is 37.9 Å². The predicted molar refractivity (Wildman–Crippen MR) is 82.1 cm³/mol. The molecule has 1 unspecified atom stereocenters. The van der Waals surface area contributed by atoms with Crippen LogP contribution < -0.4 is 11.3 Å². The molecule has 5 heteroatoms. The fourth-order valence-electron chi connectivity index (χ4n) is 2.05. The van der Waals surface area contributed by atoms with E-state index in [-0.39, 0.29) is 11.9 Å². The van der Waals surface area contributed by atoms with Crippen molar-refractivity contribution in [3.63, 3.8) is 0 Å². The standard InChI is InChI=1S/C14H13Br2FN2/c1-8-6-10(17)3-4-11(8)14(19-18)12-7-9(15)2-5-13(12)16/h2-7,14,19H,18H2,1H3. The first kappa shape index (κ1) is 14.7. The van der Waals surface area contributed by atoms with E-state index in [1.807, 2.05) is 25.1 Å². The summed E-state index contributed by atoms with van der Waals surface area (Å²) in [6, 6.07) is 10.4. The number of benzene rings is 2. The zero-order chi connectivity index (χ0) is 14.0. The van der Waals surface area contributed by atoms with Gasteiger partial charge in [-0.25, -0.2) is 9.82 Å². The lowest BCUT2D eigenvalue weighted by molar-refractivity contribution is 0.611. The summed E-state index contributed by atoms with van der Waals surface area (Å²) in [6.07, 6.45) is 0. The zero-order valence-corrected chi connectivity index (χ0v) is 13.4. The third-order valence-electron chi connectivity index (χ3n) is 2.98. The highest BCUT2D eigenvalue weighted by molar-refractivity contribution is 9.11. The molecule has 2 rings (SSSR count). The van der Waals surface area contributed by atoms with Gasteiger partial charge >= 0.3 is 0 Å². The minimum Gasteiger partial charge on any atom is -0.271 e. The molecule has 0 radical (unpaired) electrons. The number of nitrogens with two attached hydrogens (primary N) is 1. The molecule has 0 aliphatic heterocycles. The quantitative estimate of drug-likeness (QED) is 0.611. The molecule has 0 aromatic heterocycles. The van der Waals surface area contributed by atoms with E-state index in [9.17, 15) is 4.39 Å². The summed E-state index contributed by atoms with van der Waals surface area (Å²) in [6.45, 7) is 1.87. The molecule has 100 valence electrons. The van der Waals surface area contributed by atoms with E-state index in [2.05, 4.69) is 37.3 Å². The lowest BCUT2D eigenvalue weighted by Gasteiger charge is -2.20. The largest absolute Gasteiger partial charge is 0.271 e. The van der Waals surface area contributed by atoms with Crippen LogP contribution in [0.25, 0.3) is 0 Å². The Hall–Kier alpha value is -0.750. The van der Waals surface area contributed by atoms with Crippen LogP contribution in [0.1, 0.15) is 22.7 Å². The van der Waals surface area contributed by atoms with Crippen LogP contribution >= 0.6 is 31.9 Å². The first-order chi connectivity index (χ1) is 9.02. The Balaban J connectivity index is 2.52. The van der Waals surface area contributed by atoms with Crippen LogP contribution in [0, 0.1) is 12.7 Å². The van der Waals surface area contributed by atoms with Gasteiger partial charge in [-0.2, -0.15) is 0 Å². The van der Waals surface area contributed by atoms with Crippen molar-refractivity contribution in [2.45, 2.75) is 13.0 Å². The molecule has 0 bridgehead atoms. The highest BCUT2D eigenvalue weighted by atomic mass is 79.9. The van der Waals surface area contributed by atoms with Gasteiger partial charge in [0.05, 0.1) is 6.04 Å². The molecule has 0 heterocycles. The number of hydrazine groups is 1. The zero-order valence-electron chi connectivity index (χ0n) is 10.3. The van der Waals surface area contributed by atoms with Gasteiger partial charge in [0.15, 0.2) is 0 Å². The maximum Gasteiger partial charge on any atom is 0.123 e. The summed E-state index contributed by atoms with van der Waals surface area (Å²) < 4.78 is 15.1. The minimum absolute atomic E-state index is 0.201. The second-order valence-corrected chi connectivity index (χ2v) is 6.04. The van der Waals surface area contributed by atoms with E-state index in [1.165, 1.54) is 12.1 Å². The average Bonchev–Trinajstić information content (AvgIpc) is 2.36. The molecule has 0 saturated carbocycles. The SMILES string of the molecule is Cc1cc(F)ccc1C(NN)c1cc(Br)ccc1Br. The Bertz CT molecular complexity index is 602. The van der Waals surface area contributed by atoms with Crippen LogP contribution in [0.4, 0.5) is 4.39 Å². The lowest BCUT2D eigenvalue weighted by atomic mass is 9.95. The van der Waals surface area contributed by atoms with Crippen molar-refractivity contribution in [2.24, 2.45) is 5.84 Å².